The number of nitrogens with two attached hydrogens (primary N) is 1. The molecule has 0 amide bonds. The van der Waals surface area contributed by atoms with Crippen LogP contribution >= 0.6 is 15.9 Å². The van der Waals surface area contributed by atoms with Gasteiger partial charge < -0.3 is 10.5 Å². The minimum absolute atomic E-state index is 0.357. The number of hydrogen-bond donors (Lipinski definition) is 1. The van der Waals surface area contributed by atoms with Crippen molar-refractivity contribution in [2.45, 2.75) is 31.8 Å². The number of nitrogen functional groups attached to an aromatic ring is 1. The van der Waals surface area contributed by atoms with Crippen LogP contribution in [-0.4, -0.2) is 6.10 Å². The van der Waals surface area contributed by atoms with Crippen molar-refractivity contribution in [1.29, 1.82) is 0 Å². The van der Waals surface area contributed by atoms with Crippen LogP contribution in [0.3, 0.4) is 0 Å². The van der Waals surface area contributed by atoms with E-state index in [-0.39, 0.29) is 0 Å². The van der Waals surface area contributed by atoms with Crippen LogP contribution in [0.15, 0.2) is 22.7 Å². The van der Waals surface area contributed by atoms with Crippen molar-refractivity contribution >= 4 is 21.6 Å². The lowest BCUT2D eigenvalue weighted by molar-refractivity contribution is 0.210. The number of rotatable bonds is 2. The molecule has 1 fully saturated rings. The standard InChI is InChI=1S/C11H14BrNO/c12-9-6-3-7-10(13)11(9)14-8-4-1-2-5-8/h3,6-8H,1-2,4-5,13H2. The van der Waals surface area contributed by atoms with Gasteiger partial charge in [-0.2, -0.15) is 0 Å². The van der Waals surface area contributed by atoms with Crippen molar-refractivity contribution in [1.82, 2.24) is 0 Å². The second kappa shape index (κ2) is 4.22. The van der Waals surface area contributed by atoms with E-state index in [0.717, 1.165) is 23.1 Å². The molecule has 0 saturated heterocycles. The van der Waals surface area contributed by atoms with Gasteiger partial charge in [-0.3, -0.25) is 0 Å². The fraction of sp³-hybridized carbons (Fsp3) is 0.455. The predicted molar refractivity (Wildman–Crippen MR) is 61.4 cm³/mol. The third-order valence-electron chi connectivity index (χ3n) is 2.58. The molecule has 1 aliphatic rings. The van der Waals surface area contributed by atoms with Gasteiger partial charge in [0.1, 0.15) is 0 Å². The van der Waals surface area contributed by atoms with E-state index in [1.54, 1.807) is 0 Å². The maximum atomic E-state index is 5.86. The first-order valence-corrected chi connectivity index (χ1v) is 5.77. The van der Waals surface area contributed by atoms with Gasteiger partial charge in [0.05, 0.1) is 16.3 Å². The molecule has 0 atom stereocenters. The van der Waals surface area contributed by atoms with E-state index in [0.29, 0.717) is 11.8 Å². The molecule has 14 heavy (non-hydrogen) atoms. The molecule has 1 aromatic carbocycles. The highest BCUT2D eigenvalue weighted by Crippen LogP contribution is 2.34. The first-order chi connectivity index (χ1) is 6.77. The smallest absolute Gasteiger partial charge is 0.156 e. The average molecular weight is 256 g/mol. The van der Waals surface area contributed by atoms with Gasteiger partial charge in [-0.25, -0.2) is 0 Å². The van der Waals surface area contributed by atoms with Crippen LogP contribution in [-0.2, 0) is 0 Å². The summed E-state index contributed by atoms with van der Waals surface area (Å²) in [5, 5.41) is 0. The summed E-state index contributed by atoms with van der Waals surface area (Å²) < 4.78 is 6.81. The molecule has 0 radical (unpaired) electrons. The molecular weight excluding hydrogens is 242 g/mol. The molecular formula is C11H14BrNO. The van der Waals surface area contributed by atoms with Gasteiger partial charge in [0.2, 0.25) is 0 Å². The quantitative estimate of drug-likeness (QED) is 0.823. The Bertz CT molecular complexity index is 301. The summed E-state index contributed by atoms with van der Waals surface area (Å²) in [6.45, 7) is 0. The lowest BCUT2D eigenvalue weighted by Crippen LogP contribution is -2.12. The van der Waals surface area contributed by atoms with Crippen LogP contribution in [0.2, 0.25) is 0 Å². The number of anilines is 1. The number of para-hydroxylation sites is 1. The number of hydrogen-bond acceptors (Lipinski definition) is 2. The van der Waals surface area contributed by atoms with E-state index in [9.17, 15) is 0 Å². The summed E-state index contributed by atoms with van der Waals surface area (Å²) >= 11 is 3.45. The van der Waals surface area contributed by atoms with Crippen LogP contribution in [0.5, 0.6) is 5.75 Å². The third-order valence-corrected chi connectivity index (χ3v) is 3.21. The molecule has 1 aliphatic carbocycles. The second-order valence-corrected chi connectivity index (χ2v) is 4.54. The summed E-state index contributed by atoms with van der Waals surface area (Å²) in [5.41, 5.74) is 6.56. The van der Waals surface area contributed by atoms with E-state index < -0.39 is 0 Å². The normalized spacial score (nSPS) is 17.2. The Balaban J connectivity index is 2.14. The maximum absolute atomic E-state index is 5.86. The van der Waals surface area contributed by atoms with Crippen LogP contribution in [0.1, 0.15) is 25.7 Å². The molecule has 0 aliphatic heterocycles. The topological polar surface area (TPSA) is 35.2 Å². The highest BCUT2D eigenvalue weighted by Gasteiger charge is 2.18. The molecule has 0 aromatic heterocycles. The predicted octanol–water partition coefficient (Wildman–Crippen LogP) is 3.35. The van der Waals surface area contributed by atoms with E-state index in [1.165, 1.54) is 12.8 Å². The monoisotopic (exact) mass is 255 g/mol. The Hall–Kier alpha value is -0.700. The van der Waals surface area contributed by atoms with Crippen molar-refractivity contribution in [3.8, 4) is 5.75 Å². The van der Waals surface area contributed by atoms with Gasteiger partial charge in [-0.1, -0.05) is 6.07 Å². The van der Waals surface area contributed by atoms with Crippen molar-refractivity contribution in [3.63, 3.8) is 0 Å². The SMILES string of the molecule is Nc1cccc(Br)c1OC1CCCC1. The summed E-state index contributed by atoms with van der Waals surface area (Å²) in [6, 6.07) is 5.75. The molecule has 1 saturated carbocycles. The van der Waals surface area contributed by atoms with Gasteiger partial charge in [0, 0.05) is 0 Å². The maximum Gasteiger partial charge on any atom is 0.156 e. The molecule has 1 aromatic rings. The molecule has 2 nitrogen and oxygen atoms in total. The molecule has 0 spiro atoms. The van der Waals surface area contributed by atoms with Crippen molar-refractivity contribution in [2.75, 3.05) is 5.73 Å². The van der Waals surface area contributed by atoms with Gasteiger partial charge in [-0.05, 0) is 53.7 Å². The average Bonchev–Trinajstić information content (AvgIpc) is 2.64. The number of ether oxygens (including phenoxy) is 1. The first kappa shape index (κ1) is 9.84. The highest BCUT2D eigenvalue weighted by molar-refractivity contribution is 9.10. The summed E-state index contributed by atoms with van der Waals surface area (Å²) in [5.74, 6) is 0.805. The van der Waals surface area contributed by atoms with Crippen molar-refractivity contribution in [3.05, 3.63) is 22.7 Å². The van der Waals surface area contributed by atoms with E-state index in [2.05, 4.69) is 15.9 Å². The zero-order valence-electron chi connectivity index (χ0n) is 8.00. The van der Waals surface area contributed by atoms with Crippen LogP contribution < -0.4 is 10.5 Å². The lowest BCUT2D eigenvalue weighted by Gasteiger charge is -2.15. The Kier molecular flexibility index (Phi) is 2.96. The molecule has 0 unspecified atom stereocenters. The van der Waals surface area contributed by atoms with Gasteiger partial charge in [-0.15, -0.1) is 0 Å². The van der Waals surface area contributed by atoms with Crippen molar-refractivity contribution in [2.24, 2.45) is 0 Å². The third kappa shape index (κ3) is 2.03. The number of benzene rings is 1. The number of halogens is 1. The zero-order valence-corrected chi connectivity index (χ0v) is 9.59. The van der Waals surface area contributed by atoms with Crippen LogP contribution in [0.4, 0.5) is 5.69 Å². The Morgan fingerprint density at radius 3 is 2.64 bits per heavy atom. The van der Waals surface area contributed by atoms with Gasteiger partial charge in [0.15, 0.2) is 5.75 Å². The minimum Gasteiger partial charge on any atom is -0.487 e. The Morgan fingerprint density at radius 2 is 2.00 bits per heavy atom. The molecule has 2 rings (SSSR count). The second-order valence-electron chi connectivity index (χ2n) is 3.68. The Morgan fingerprint density at radius 1 is 1.29 bits per heavy atom. The highest BCUT2D eigenvalue weighted by atomic mass is 79.9. The van der Waals surface area contributed by atoms with Crippen LogP contribution in [0.25, 0.3) is 0 Å². The van der Waals surface area contributed by atoms with Gasteiger partial charge in [0.25, 0.3) is 0 Å². The minimum atomic E-state index is 0.357. The summed E-state index contributed by atoms with van der Waals surface area (Å²) in [4.78, 5) is 0. The first-order valence-electron chi connectivity index (χ1n) is 4.98. The zero-order chi connectivity index (χ0) is 9.97. The molecule has 76 valence electrons. The fourth-order valence-electron chi connectivity index (χ4n) is 1.82. The Labute approximate surface area is 92.6 Å². The van der Waals surface area contributed by atoms with Crippen LogP contribution in [0, 0.1) is 0 Å². The van der Waals surface area contributed by atoms with E-state index in [1.807, 2.05) is 18.2 Å². The molecule has 0 bridgehead atoms. The van der Waals surface area contributed by atoms with Crippen molar-refractivity contribution < 1.29 is 4.74 Å². The molecule has 3 heteroatoms. The van der Waals surface area contributed by atoms with E-state index in [4.69, 9.17) is 10.5 Å². The summed E-state index contributed by atoms with van der Waals surface area (Å²) in [7, 11) is 0. The lowest BCUT2D eigenvalue weighted by atomic mass is 10.2. The molecule has 0 heterocycles. The largest absolute Gasteiger partial charge is 0.487 e. The summed E-state index contributed by atoms with van der Waals surface area (Å²) in [6.07, 6.45) is 5.21. The van der Waals surface area contributed by atoms with E-state index >= 15 is 0 Å². The van der Waals surface area contributed by atoms with Gasteiger partial charge >= 0.3 is 0 Å². The molecule has 2 N–H and O–H groups in total. The fourth-order valence-corrected chi connectivity index (χ4v) is 2.30.